The van der Waals surface area contributed by atoms with E-state index in [9.17, 15) is 10.2 Å². The Hall–Kier alpha value is -0.940. The second-order valence-electron chi connectivity index (χ2n) is 7.12. The normalized spacial score (nSPS) is 27.6. The number of hydrogen-bond donors (Lipinski definition) is 2. The summed E-state index contributed by atoms with van der Waals surface area (Å²) in [7, 11) is 0. The predicted octanol–water partition coefficient (Wildman–Crippen LogP) is 2.14. The number of aryl methyl sites for hydroxylation is 1. The number of β-amino-alcohol motifs (C(OH)–C–C–N with tert-alkyl or cyclic N) is 1. The lowest BCUT2D eigenvalue weighted by molar-refractivity contribution is -0.0269. The standard InChI is InChI=1S/C19H29NO3/c1-14(21)16-9-10-20(11-16)12-17(22)13-23-19-8-4-6-15-5-2-3-7-18(15)19/h2-3,5,7,14,16-17,19,21-22H,4,6,8-13H2,1H3. The van der Waals surface area contributed by atoms with Crippen LogP contribution in [0.25, 0.3) is 0 Å². The van der Waals surface area contributed by atoms with Crippen molar-refractivity contribution < 1.29 is 14.9 Å². The van der Waals surface area contributed by atoms with Crippen molar-refractivity contribution in [1.29, 1.82) is 0 Å². The van der Waals surface area contributed by atoms with Gasteiger partial charge >= 0.3 is 0 Å². The van der Waals surface area contributed by atoms with Gasteiger partial charge in [-0.05, 0) is 56.2 Å². The Bertz CT molecular complexity index is 505. The molecule has 23 heavy (non-hydrogen) atoms. The second-order valence-corrected chi connectivity index (χ2v) is 7.12. The number of likely N-dealkylation sites (tertiary alicyclic amines) is 1. The molecule has 2 N–H and O–H groups in total. The third-order valence-corrected chi connectivity index (χ3v) is 5.26. The van der Waals surface area contributed by atoms with Crippen molar-refractivity contribution in [3.05, 3.63) is 35.4 Å². The van der Waals surface area contributed by atoms with Crippen molar-refractivity contribution in [2.75, 3.05) is 26.2 Å². The summed E-state index contributed by atoms with van der Waals surface area (Å²) in [4.78, 5) is 2.24. The molecule has 1 heterocycles. The molecule has 4 nitrogen and oxygen atoms in total. The molecule has 1 aromatic carbocycles. The number of rotatable bonds is 6. The van der Waals surface area contributed by atoms with E-state index >= 15 is 0 Å². The number of ether oxygens (including phenoxy) is 1. The van der Waals surface area contributed by atoms with Crippen LogP contribution >= 0.6 is 0 Å². The number of benzene rings is 1. The molecular formula is C19H29NO3. The first-order valence-corrected chi connectivity index (χ1v) is 8.91. The maximum Gasteiger partial charge on any atom is 0.0900 e. The monoisotopic (exact) mass is 319 g/mol. The van der Waals surface area contributed by atoms with Crippen LogP contribution in [-0.2, 0) is 11.2 Å². The first kappa shape index (κ1) is 16.9. The molecule has 4 atom stereocenters. The van der Waals surface area contributed by atoms with Crippen LogP contribution < -0.4 is 0 Å². The van der Waals surface area contributed by atoms with E-state index in [2.05, 4.69) is 29.2 Å². The molecule has 2 aliphatic rings. The lowest BCUT2D eigenvalue weighted by Gasteiger charge is -2.27. The summed E-state index contributed by atoms with van der Waals surface area (Å²) in [5, 5.41) is 19.9. The van der Waals surface area contributed by atoms with Gasteiger partial charge in [0.2, 0.25) is 0 Å². The molecule has 1 aliphatic carbocycles. The highest BCUT2D eigenvalue weighted by Crippen LogP contribution is 2.32. The largest absolute Gasteiger partial charge is 0.393 e. The third kappa shape index (κ3) is 4.32. The molecule has 0 saturated carbocycles. The van der Waals surface area contributed by atoms with Gasteiger partial charge in [0.1, 0.15) is 0 Å². The lowest BCUT2D eigenvalue weighted by Crippen LogP contribution is -2.34. The Morgan fingerprint density at radius 3 is 2.87 bits per heavy atom. The molecule has 128 valence electrons. The summed E-state index contributed by atoms with van der Waals surface area (Å²) in [5.74, 6) is 0.341. The van der Waals surface area contributed by atoms with Gasteiger partial charge in [-0.1, -0.05) is 24.3 Å². The predicted molar refractivity (Wildman–Crippen MR) is 90.3 cm³/mol. The highest BCUT2D eigenvalue weighted by atomic mass is 16.5. The summed E-state index contributed by atoms with van der Waals surface area (Å²) in [6.07, 6.45) is 3.74. The van der Waals surface area contributed by atoms with Crippen LogP contribution in [0.4, 0.5) is 0 Å². The quantitative estimate of drug-likeness (QED) is 0.843. The fraction of sp³-hybridized carbons (Fsp3) is 0.684. The van der Waals surface area contributed by atoms with Gasteiger partial charge in [0.15, 0.2) is 0 Å². The minimum Gasteiger partial charge on any atom is -0.393 e. The highest BCUT2D eigenvalue weighted by molar-refractivity contribution is 5.31. The Balaban J connectivity index is 1.46. The maximum absolute atomic E-state index is 10.3. The van der Waals surface area contributed by atoms with Gasteiger partial charge < -0.3 is 19.8 Å². The van der Waals surface area contributed by atoms with Crippen LogP contribution in [-0.4, -0.2) is 53.6 Å². The molecule has 4 unspecified atom stereocenters. The van der Waals surface area contributed by atoms with Crippen molar-refractivity contribution in [3.63, 3.8) is 0 Å². The fourth-order valence-electron chi connectivity index (χ4n) is 3.88. The summed E-state index contributed by atoms with van der Waals surface area (Å²) in [5.41, 5.74) is 2.68. The van der Waals surface area contributed by atoms with Crippen LogP contribution in [0.1, 0.15) is 43.4 Å². The van der Waals surface area contributed by atoms with Crippen molar-refractivity contribution in [2.45, 2.75) is 50.9 Å². The van der Waals surface area contributed by atoms with Crippen LogP contribution in [0.15, 0.2) is 24.3 Å². The summed E-state index contributed by atoms with van der Waals surface area (Å²) in [6, 6.07) is 8.49. The van der Waals surface area contributed by atoms with Crippen LogP contribution in [0.5, 0.6) is 0 Å². The topological polar surface area (TPSA) is 52.9 Å². The number of aliphatic hydroxyl groups excluding tert-OH is 2. The molecule has 1 aromatic rings. The zero-order chi connectivity index (χ0) is 16.2. The van der Waals surface area contributed by atoms with Crippen LogP contribution in [0, 0.1) is 5.92 Å². The van der Waals surface area contributed by atoms with Crippen LogP contribution in [0.3, 0.4) is 0 Å². The van der Waals surface area contributed by atoms with Crippen LogP contribution in [0.2, 0.25) is 0 Å². The number of nitrogens with zero attached hydrogens (tertiary/aromatic N) is 1. The number of aliphatic hydroxyl groups is 2. The van der Waals surface area contributed by atoms with E-state index in [-0.39, 0.29) is 12.2 Å². The van der Waals surface area contributed by atoms with Crippen molar-refractivity contribution in [3.8, 4) is 0 Å². The highest BCUT2D eigenvalue weighted by Gasteiger charge is 2.27. The second kappa shape index (κ2) is 7.75. The Morgan fingerprint density at radius 1 is 1.26 bits per heavy atom. The summed E-state index contributed by atoms with van der Waals surface area (Å²) >= 11 is 0. The molecule has 1 fully saturated rings. The van der Waals surface area contributed by atoms with E-state index in [0.29, 0.717) is 19.1 Å². The van der Waals surface area contributed by atoms with Gasteiger partial charge in [-0.25, -0.2) is 0 Å². The first-order chi connectivity index (χ1) is 11.1. The minimum atomic E-state index is -0.461. The molecule has 0 radical (unpaired) electrons. The van der Waals surface area contributed by atoms with Crippen molar-refractivity contribution in [2.24, 2.45) is 5.92 Å². The van der Waals surface area contributed by atoms with Crippen molar-refractivity contribution in [1.82, 2.24) is 4.90 Å². The molecule has 0 spiro atoms. The minimum absolute atomic E-state index is 0.124. The molecule has 4 heteroatoms. The molecule has 1 saturated heterocycles. The van der Waals surface area contributed by atoms with Gasteiger partial charge in [0, 0.05) is 13.1 Å². The Kier molecular flexibility index (Phi) is 5.70. The van der Waals surface area contributed by atoms with E-state index < -0.39 is 6.10 Å². The van der Waals surface area contributed by atoms with Gasteiger partial charge in [-0.2, -0.15) is 0 Å². The van der Waals surface area contributed by atoms with E-state index in [1.54, 1.807) is 0 Å². The summed E-state index contributed by atoms with van der Waals surface area (Å²) < 4.78 is 6.03. The van der Waals surface area contributed by atoms with E-state index in [0.717, 1.165) is 38.8 Å². The SMILES string of the molecule is CC(O)C1CCN(CC(O)COC2CCCc3ccccc32)C1. The number of fused-ring (bicyclic) bond motifs is 1. The Morgan fingerprint density at radius 2 is 2.09 bits per heavy atom. The Labute approximate surface area is 139 Å². The molecular weight excluding hydrogens is 290 g/mol. The molecule has 0 aromatic heterocycles. The van der Waals surface area contributed by atoms with Gasteiger partial charge in [0.05, 0.1) is 24.9 Å². The number of hydrogen-bond acceptors (Lipinski definition) is 4. The lowest BCUT2D eigenvalue weighted by atomic mass is 9.89. The molecule has 0 bridgehead atoms. The molecule has 3 rings (SSSR count). The van der Waals surface area contributed by atoms with Gasteiger partial charge in [-0.15, -0.1) is 0 Å². The molecule has 1 aliphatic heterocycles. The zero-order valence-corrected chi connectivity index (χ0v) is 14.0. The first-order valence-electron chi connectivity index (χ1n) is 8.91. The maximum atomic E-state index is 10.3. The van der Waals surface area contributed by atoms with E-state index in [4.69, 9.17) is 4.74 Å². The fourth-order valence-corrected chi connectivity index (χ4v) is 3.88. The van der Waals surface area contributed by atoms with Crippen molar-refractivity contribution >= 4 is 0 Å². The summed E-state index contributed by atoms with van der Waals surface area (Å²) in [6.45, 7) is 4.71. The van der Waals surface area contributed by atoms with E-state index in [1.807, 2.05) is 6.92 Å². The van der Waals surface area contributed by atoms with Gasteiger partial charge in [0.25, 0.3) is 0 Å². The average molecular weight is 319 g/mol. The molecule has 0 amide bonds. The zero-order valence-electron chi connectivity index (χ0n) is 14.0. The average Bonchev–Trinajstić information content (AvgIpc) is 3.01. The van der Waals surface area contributed by atoms with E-state index in [1.165, 1.54) is 11.1 Å². The smallest absolute Gasteiger partial charge is 0.0900 e. The van der Waals surface area contributed by atoms with Gasteiger partial charge in [-0.3, -0.25) is 0 Å². The third-order valence-electron chi connectivity index (χ3n) is 5.26.